The number of hydrogen-bond acceptors (Lipinski definition) is 2. The first-order valence-electron chi connectivity index (χ1n) is 6.90. The number of aliphatic hydroxyl groups excluding tert-OH is 1. The van der Waals surface area contributed by atoms with Crippen molar-refractivity contribution in [1.82, 2.24) is 0 Å². The van der Waals surface area contributed by atoms with Crippen LogP contribution < -0.4 is 0 Å². The highest BCUT2D eigenvalue weighted by Gasteiger charge is 2.22. The van der Waals surface area contributed by atoms with Crippen molar-refractivity contribution in [3.05, 3.63) is 47.0 Å². The fraction of sp³-hybridized carbons (Fsp3) is 0.500. The average molecular weight is 244 g/mol. The van der Waals surface area contributed by atoms with Crippen LogP contribution in [-0.4, -0.2) is 17.8 Å². The molecule has 96 valence electrons. The molecule has 1 aromatic rings. The van der Waals surface area contributed by atoms with Crippen molar-refractivity contribution < 1.29 is 9.84 Å². The van der Waals surface area contributed by atoms with Crippen molar-refractivity contribution >= 4 is 0 Å². The molecule has 0 fully saturated rings. The fourth-order valence-electron chi connectivity index (χ4n) is 3.03. The Hall–Kier alpha value is -1.12. The zero-order valence-electron chi connectivity index (χ0n) is 10.6. The molecule has 18 heavy (non-hydrogen) atoms. The lowest BCUT2D eigenvalue weighted by Gasteiger charge is -2.28. The zero-order chi connectivity index (χ0) is 12.4. The lowest BCUT2D eigenvalue weighted by molar-refractivity contribution is 0.0414. The lowest BCUT2D eigenvalue weighted by Crippen LogP contribution is -2.18. The van der Waals surface area contributed by atoms with E-state index in [1.807, 2.05) is 6.08 Å². The minimum Gasteiger partial charge on any atom is -0.389 e. The van der Waals surface area contributed by atoms with Gasteiger partial charge in [-0.05, 0) is 43.2 Å². The van der Waals surface area contributed by atoms with Crippen molar-refractivity contribution in [2.45, 2.75) is 44.3 Å². The largest absolute Gasteiger partial charge is 0.389 e. The molecule has 3 rings (SSSR count). The van der Waals surface area contributed by atoms with Crippen LogP contribution >= 0.6 is 0 Å². The Morgan fingerprint density at radius 1 is 1.22 bits per heavy atom. The normalized spacial score (nSPS) is 27.5. The van der Waals surface area contributed by atoms with Crippen molar-refractivity contribution in [2.75, 3.05) is 6.61 Å². The van der Waals surface area contributed by atoms with Gasteiger partial charge in [0, 0.05) is 0 Å². The average Bonchev–Trinajstić information content (AvgIpc) is 2.39. The van der Waals surface area contributed by atoms with E-state index < -0.39 is 0 Å². The number of rotatable bonds is 2. The summed E-state index contributed by atoms with van der Waals surface area (Å²) < 4.78 is 5.92. The molecule has 0 spiro atoms. The van der Waals surface area contributed by atoms with Gasteiger partial charge in [0.2, 0.25) is 0 Å². The summed E-state index contributed by atoms with van der Waals surface area (Å²) >= 11 is 0. The maximum absolute atomic E-state index is 9.69. The number of aliphatic hydroxyl groups is 1. The third-order valence-electron chi connectivity index (χ3n) is 3.97. The number of benzene rings is 1. The molecule has 0 saturated heterocycles. The zero-order valence-corrected chi connectivity index (χ0v) is 10.6. The first-order valence-corrected chi connectivity index (χ1v) is 6.90. The van der Waals surface area contributed by atoms with Crippen molar-refractivity contribution in [3.8, 4) is 0 Å². The Morgan fingerprint density at radius 2 is 2.11 bits per heavy atom. The minimum absolute atomic E-state index is 0.187. The van der Waals surface area contributed by atoms with E-state index in [0.29, 0.717) is 0 Å². The van der Waals surface area contributed by atoms with Gasteiger partial charge in [0.25, 0.3) is 0 Å². The molecule has 0 saturated carbocycles. The molecule has 0 bridgehead atoms. The van der Waals surface area contributed by atoms with Crippen LogP contribution in [0.25, 0.3) is 0 Å². The van der Waals surface area contributed by atoms with Gasteiger partial charge in [0.15, 0.2) is 0 Å². The highest BCUT2D eigenvalue weighted by atomic mass is 16.5. The summed E-state index contributed by atoms with van der Waals surface area (Å²) in [6, 6.07) is 8.57. The molecular weight excluding hydrogens is 224 g/mol. The van der Waals surface area contributed by atoms with E-state index >= 15 is 0 Å². The first kappa shape index (κ1) is 11.9. The topological polar surface area (TPSA) is 29.5 Å². The lowest BCUT2D eigenvalue weighted by atomic mass is 9.89. The summed E-state index contributed by atoms with van der Waals surface area (Å²) in [6.07, 6.45) is 7.05. The van der Waals surface area contributed by atoms with Crippen LogP contribution in [0.2, 0.25) is 0 Å². The Bertz CT molecular complexity index is 450. The van der Waals surface area contributed by atoms with Crippen molar-refractivity contribution in [3.63, 3.8) is 0 Å². The van der Waals surface area contributed by atoms with Gasteiger partial charge in [0.1, 0.15) is 0 Å². The van der Waals surface area contributed by atoms with Gasteiger partial charge in [-0.1, -0.05) is 35.9 Å². The first-order chi connectivity index (χ1) is 8.83. The summed E-state index contributed by atoms with van der Waals surface area (Å²) in [5.41, 5.74) is 4.12. The van der Waals surface area contributed by atoms with Gasteiger partial charge < -0.3 is 9.84 Å². The quantitative estimate of drug-likeness (QED) is 0.810. The van der Waals surface area contributed by atoms with E-state index in [9.17, 15) is 5.11 Å². The van der Waals surface area contributed by atoms with Crippen LogP contribution in [0.15, 0.2) is 35.9 Å². The standard InChI is InChI=1S/C16H20O2/c17-14-6-3-4-12(10-14)11-16-15-7-2-1-5-13(15)8-9-18-16/h1-2,5,7,10,14,16-17H,3-4,6,8-9,11H2. The van der Waals surface area contributed by atoms with Crippen molar-refractivity contribution in [1.29, 1.82) is 0 Å². The molecular formula is C16H20O2. The molecule has 1 aliphatic carbocycles. The highest BCUT2D eigenvalue weighted by molar-refractivity contribution is 5.32. The SMILES string of the molecule is OC1C=C(CC2OCCc3ccccc32)CCC1. The van der Waals surface area contributed by atoms with E-state index in [1.165, 1.54) is 16.7 Å². The second-order valence-corrected chi connectivity index (χ2v) is 5.30. The monoisotopic (exact) mass is 244 g/mol. The maximum atomic E-state index is 9.69. The molecule has 0 aromatic heterocycles. The Kier molecular flexibility index (Phi) is 3.48. The van der Waals surface area contributed by atoms with E-state index in [4.69, 9.17) is 4.74 Å². The summed E-state index contributed by atoms with van der Waals surface area (Å²) in [5.74, 6) is 0. The van der Waals surface area contributed by atoms with Gasteiger partial charge >= 0.3 is 0 Å². The van der Waals surface area contributed by atoms with Gasteiger partial charge in [-0.15, -0.1) is 0 Å². The Morgan fingerprint density at radius 3 is 3.00 bits per heavy atom. The maximum Gasteiger partial charge on any atom is 0.0864 e. The predicted molar refractivity (Wildman–Crippen MR) is 71.4 cm³/mol. The number of ether oxygens (including phenoxy) is 1. The highest BCUT2D eigenvalue weighted by Crippen LogP contribution is 2.34. The van der Waals surface area contributed by atoms with Gasteiger partial charge in [-0.2, -0.15) is 0 Å². The molecule has 1 aromatic carbocycles. The summed E-state index contributed by atoms with van der Waals surface area (Å²) in [6.45, 7) is 0.817. The summed E-state index contributed by atoms with van der Waals surface area (Å²) in [5, 5.41) is 9.69. The third kappa shape index (κ3) is 2.50. The third-order valence-corrected chi connectivity index (χ3v) is 3.97. The smallest absolute Gasteiger partial charge is 0.0864 e. The molecule has 0 radical (unpaired) electrons. The summed E-state index contributed by atoms with van der Waals surface area (Å²) in [7, 11) is 0. The Balaban J connectivity index is 1.78. The van der Waals surface area contributed by atoms with E-state index in [2.05, 4.69) is 24.3 Å². The number of hydrogen-bond donors (Lipinski definition) is 1. The molecule has 2 unspecified atom stereocenters. The van der Waals surface area contributed by atoms with E-state index in [1.54, 1.807) is 0 Å². The van der Waals surface area contributed by atoms with Crippen LogP contribution in [0.5, 0.6) is 0 Å². The van der Waals surface area contributed by atoms with Gasteiger partial charge in [-0.3, -0.25) is 0 Å². The van der Waals surface area contributed by atoms with Gasteiger partial charge in [0.05, 0.1) is 18.8 Å². The predicted octanol–water partition coefficient (Wildman–Crippen LogP) is 3.16. The molecule has 1 heterocycles. The van der Waals surface area contributed by atoms with Gasteiger partial charge in [-0.25, -0.2) is 0 Å². The molecule has 2 atom stereocenters. The van der Waals surface area contributed by atoms with Crippen LogP contribution in [0, 0.1) is 0 Å². The molecule has 2 aliphatic rings. The van der Waals surface area contributed by atoms with Crippen LogP contribution in [0.4, 0.5) is 0 Å². The fourth-order valence-corrected chi connectivity index (χ4v) is 3.03. The molecule has 1 aliphatic heterocycles. The molecule has 1 N–H and O–H groups in total. The number of fused-ring (bicyclic) bond motifs is 1. The Labute approximate surface area is 108 Å². The molecule has 2 heteroatoms. The second kappa shape index (κ2) is 5.25. The van der Waals surface area contributed by atoms with Crippen LogP contribution in [0.1, 0.15) is 42.9 Å². The van der Waals surface area contributed by atoms with E-state index in [0.717, 1.165) is 38.7 Å². The van der Waals surface area contributed by atoms with E-state index in [-0.39, 0.29) is 12.2 Å². The van der Waals surface area contributed by atoms with Crippen LogP contribution in [0.3, 0.4) is 0 Å². The molecule has 2 nitrogen and oxygen atoms in total. The van der Waals surface area contributed by atoms with Crippen molar-refractivity contribution in [2.24, 2.45) is 0 Å². The second-order valence-electron chi connectivity index (χ2n) is 5.30. The van der Waals surface area contributed by atoms with Crippen LogP contribution in [-0.2, 0) is 11.2 Å². The summed E-state index contributed by atoms with van der Waals surface area (Å²) in [4.78, 5) is 0. The minimum atomic E-state index is -0.243. The molecule has 0 amide bonds.